The average molecular weight is 520 g/mol. The molecule has 1 fully saturated rings. The first-order chi connectivity index (χ1) is 12.3. The molecule has 1 heterocycles. The summed E-state index contributed by atoms with van der Waals surface area (Å²) in [4.78, 5) is 12.9. The van der Waals surface area contributed by atoms with Crippen LogP contribution >= 0.6 is 0 Å². The van der Waals surface area contributed by atoms with E-state index in [9.17, 15) is 4.79 Å². The number of benzene rings is 2. The zero-order valence-corrected chi connectivity index (χ0v) is 18.4. The van der Waals surface area contributed by atoms with Gasteiger partial charge in [-0.15, -0.1) is 11.8 Å². The Hall–Kier alpha value is -1.44. The number of carbonyl (C=O) groups excluding carboxylic acids is 1. The summed E-state index contributed by atoms with van der Waals surface area (Å²) in [6.45, 7) is 6.19. The number of rotatable bonds is 6. The summed E-state index contributed by atoms with van der Waals surface area (Å²) in [6.07, 6.45) is 9.43. The number of amides is 1. The average Bonchev–Trinajstić information content (AvgIpc) is 2.69. The molecule has 0 saturated carbocycles. The monoisotopic (exact) mass is 520 g/mol. The predicted molar refractivity (Wildman–Crippen MR) is 106 cm³/mol. The van der Waals surface area contributed by atoms with Crippen LogP contribution in [0.15, 0.2) is 54.6 Å². The molecule has 0 bridgehead atoms. The first kappa shape index (κ1) is 22.6. The molecule has 26 heavy (non-hydrogen) atoms. The van der Waals surface area contributed by atoms with Crippen molar-refractivity contribution in [2.45, 2.75) is 32.6 Å². The molecule has 1 amide bonds. The molecule has 1 aliphatic rings. The van der Waals surface area contributed by atoms with Gasteiger partial charge < -0.3 is 21.4 Å². The van der Waals surface area contributed by atoms with Crippen LogP contribution in [0.3, 0.4) is 0 Å². The first-order valence-corrected chi connectivity index (χ1v) is 9.16. The van der Waals surface area contributed by atoms with Crippen LogP contribution < -0.4 is 5.32 Å². The molecule has 3 nitrogen and oxygen atoms in total. The van der Waals surface area contributed by atoms with Gasteiger partial charge in [-0.25, -0.2) is 0 Å². The second-order valence-corrected chi connectivity index (χ2v) is 6.20. The Labute approximate surface area is 172 Å². The van der Waals surface area contributed by atoms with E-state index in [0.29, 0.717) is 0 Å². The predicted octanol–water partition coefficient (Wildman–Crippen LogP) is 4.92. The summed E-state index contributed by atoms with van der Waals surface area (Å²) in [5.41, 5.74) is 2.86. The van der Waals surface area contributed by atoms with Crippen LogP contribution in [-0.2, 0) is 25.9 Å². The van der Waals surface area contributed by atoms with E-state index >= 15 is 0 Å². The minimum atomic E-state index is 0. The van der Waals surface area contributed by atoms with E-state index in [2.05, 4.69) is 23.6 Å². The molecular weight excluding hydrogens is 492 g/mol. The number of piperidine rings is 1. The van der Waals surface area contributed by atoms with E-state index in [1.54, 1.807) is 6.41 Å². The molecule has 0 aromatic heterocycles. The smallest absolute Gasteiger partial charge is 0.490 e. The van der Waals surface area contributed by atoms with Crippen LogP contribution in [0.25, 0.3) is 11.1 Å². The summed E-state index contributed by atoms with van der Waals surface area (Å²) in [7, 11) is 0. The third kappa shape index (κ3) is 7.84. The molecule has 1 N–H and O–H groups in total. The van der Waals surface area contributed by atoms with Crippen molar-refractivity contribution in [3.05, 3.63) is 61.0 Å². The van der Waals surface area contributed by atoms with Gasteiger partial charge in [0.15, 0.2) is 0 Å². The van der Waals surface area contributed by atoms with Crippen LogP contribution in [0.1, 0.15) is 32.6 Å². The fourth-order valence-electron chi connectivity index (χ4n) is 2.93. The van der Waals surface area contributed by atoms with E-state index in [0.717, 1.165) is 16.8 Å². The minimum absolute atomic E-state index is 0. The van der Waals surface area contributed by atoms with E-state index in [4.69, 9.17) is 0 Å². The Morgan fingerprint density at radius 1 is 1.04 bits per heavy atom. The van der Waals surface area contributed by atoms with E-state index < -0.39 is 0 Å². The molecular formula is C22H28N2OW. The maximum absolute atomic E-state index is 10.3. The number of unbranched alkanes of at least 4 members (excludes halogenated alkanes) is 1. The van der Waals surface area contributed by atoms with Gasteiger partial charge in [0.1, 0.15) is 0 Å². The number of nitrogens with one attached hydrogen (secondary N) is 1. The topological polar surface area (TPSA) is 32.3 Å². The van der Waals surface area contributed by atoms with Crippen molar-refractivity contribution in [3.8, 4) is 11.1 Å². The Kier molecular flexibility index (Phi) is 11.9. The van der Waals surface area contributed by atoms with Crippen LogP contribution in [0.2, 0.25) is 0 Å². The van der Waals surface area contributed by atoms with Crippen molar-refractivity contribution in [2.75, 3.05) is 25.0 Å². The van der Waals surface area contributed by atoms with Gasteiger partial charge in [-0.3, -0.25) is 0 Å². The summed E-state index contributed by atoms with van der Waals surface area (Å²) in [5.74, 6) is 0. The molecule has 2 aromatic rings. The standard InChI is InChI=1S/C13H10NO.C9H18N.W/c15-10-14-13-9-5-4-8-12(13)11-6-2-1-3-7-11;1-2-3-7-10-8-5-4-6-9-10;/h1-9H,(H,14,15);4H,2-3,5-9H2,1H3;/q2*-1;+2. The molecule has 0 spiro atoms. The fourth-order valence-corrected chi connectivity index (χ4v) is 2.93. The maximum atomic E-state index is 10.3. The van der Waals surface area contributed by atoms with Gasteiger partial charge in [-0.2, -0.15) is 12.8 Å². The summed E-state index contributed by atoms with van der Waals surface area (Å²) < 4.78 is 0. The summed E-state index contributed by atoms with van der Waals surface area (Å²) in [6, 6.07) is 17.6. The van der Waals surface area contributed by atoms with Gasteiger partial charge in [0.05, 0.1) is 6.41 Å². The number of likely N-dealkylation sites (tertiary alicyclic amines) is 1. The number of nitrogens with zero attached hydrogens (tertiary/aromatic N) is 1. The zero-order chi connectivity index (χ0) is 17.7. The van der Waals surface area contributed by atoms with Crippen LogP contribution in [0, 0.1) is 6.42 Å². The molecule has 0 atom stereocenters. The SMILES string of the molecule is CCCCN1CC[CH-]CC1.O=[C-]Nc1ccccc1-c1ccccc1.[W+2]. The van der Waals surface area contributed by atoms with Crippen molar-refractivity contribution in [1.29, 1.82) is 0 Å². The zero-order valence-electron chi connectivity index (χ0n) is 15.5. The molecule has 4 heteroatoms. The quantitative estimate of drug-likeness (QED) is 0.434. The molecule has 0 aliphatic carbocycles. The van der Waals surface area contributed by atoms with Crippen LogP contribution in [0.4, 0.5) is 5.69 Å². The second kappa shape index (κ2) is 13.7. The summed E-state index contributed by atoms with van der Waals surface area (Å²) >= 11 is 0. The third-order valence-electron chi connectivity index (χ3n) is 4.32. The van der Waals surface area contributed by atoms with E-state index in [1.165, 1.54) is 45.3 Å². The van der Waals surface area contributed by atoms with Gasteiger partial charge in [0, 0.05) is 0 Å². The van der Waals surface area contributed by atoms with Gasteiger partial charge in [-0.1, -0.05) is 67.4 Å². The Bertz CT molecular complexity index is 613. The van der Waals surface area contributed by atoms with Crippen LogP contribution in [-0.4, -0.2) is 30.9 Å². The molecule has 0 radical (unpaired) electrons. The first-order valence-electron chi connectivity index (χ1n) is 9.16. The normalized spacial score (nSPS) is 13.7. The van der Waals surface area contributed by atoms with Crippen molar-refractivity contribution in [1.82, 2.24) is 4.90 Å². The van der Waals surface area contributed by atoms with Gasteiger partial charge in [0.25, 0.3) is 0 Å². The minimum Gasteiger partial charge on any atom is -0.490 e. The Morgan fingerprint density at radius 3 is 2.35 bits per heavy atom. The van der Waals surface area contributed by atoms with Gasteiger partial charge in [-0.05, 0) is 31.6 Å². The fraction of sp³-hybridized carbons (Fsp3) is 0.364. The largest absolute Gasteiger partial charge is 2.00 e. The maximum Gasteiger partial charge on any atom is 2.00 e. The van der Waals surface area contributed by atoms with Gasteiger partial charge in [0.2, 0.25) is 0 Å². The number of para-hydroxylation sites is 1. The Morgan fingerprint density at radius 2 is 1.69 bits per heavy atom. The second-order valence-electron chi connectivity index (χ2n) is 6.20. The van der Waals surface area contributed by atoms with Crippen LogP contribution in [0.5, 0.6) is 0 Å². The number of hydrogen-bond acceptors (Lipinski definition) is 2. The molecule has 138 valence electrons. The van der Waals surface area contributed by atoms with E-state index in [-0.39, 0.29) is 21.1 Å². The summed E-state index contributed by atoms with van der Waals surface area (Å²) in [5, 5.41) is 2.57. The number of anilines is 1. The molecule has 2 aromatic carbocycles. The Balaban J connectivity index is 0.000000270. The third-order valence-corrected chi connectivity index (χ3v) is 4.32. The van der Waals surface area contributed by atoms with Gasteiger partial charge >= 0.3 is 21.1 Å². The number of hydrogen-bond donors (Lipinski definition) is 1. The molecule has 3 rings (SSSR count). The molecule has 1 saturated heterocycles. The van der Waals surface area contributed by atoms with Crippen molar-refractivity contribution in [2.24, 2.45) is 0 Å². The molecule has 1 aliphatic heterocycles. The van der Waals surface area contributed by atoms with E-state index in [1.807, 2.05) is 54.6 Å². The van der Waals surface area contributed by atoms with Crippen molar-refractivity contribution < 1.29 is 25.9 Å². The molecule has 0 unspecified atom stereocenters. The van der Waals surface area contributed by atoms with Crippen molar-refractivity contribution in [3.63, 3.8) is 0 Å². The van der Waals surface area contributed by atoms with Crippen molar-refractivity contribution >= 4 is 12.1 Å².